The van der Waals surface area contributed by atoms with Gasteiger partial charge in [0.1, 0.15) is 0 Å². The Morgan fingerprint density at radius 1 is 1.25 bits per heavy atom. The highest BCUT2D eigenvalue weighted by Gasteiger charge is 2.17. The first-order chi connectivity index (χ1) is 9.63. The van der Waals surface area contributed by atoms with Crippen LogP contribution in [-0.2, 0) is 0 Å². The highest BCUT2D eigenvalue weighted by molar-refractivity contribution is 7.99. The van der Waals surface area contributed by atoms with Crippen LogP contribution in [0.25, 0.3) is 0 Å². The standard InChI is InChI=1S/C14H20O5S/c1-4-20-7-5-6-19-13-11(17-2)8-10(14(15)16)9-12(13)18-3/h8-9H,4-7H2,1-3H3,(H,15,16). The van der Waals surface area contributed by atoms with E-state index in [-0.39, 0.29) is 5.56 Å². The van der Waals surface area contributed by atoms with Crippen LogP contribution >= 0.6 is 11.8 Å². The van der Waals surface area contributed by atoms with Gasteiger partial charge < -0.3 is 19.3 Å². The summed E-state index contributed by atoms with van der Waals surface area (Å²) in [6.07, 6.45) is 0.908. The molecule has 0 heterocycles. The molecule has 1 aromatic rings. The molecule has 0 aliphatic carbocycles. The van der Waals surface area contributed by atoms with Gasteiger partial charge in [-0.2, -0.15) is 11.8 Å². The lowest BCUT2D eigenvalue weighted by molar-refractivity contribution is 0.0696. The van der Waals surface area contributed by atoms with Crippen LogP contribution in [0.4, 0.5) is 0 Å². The molecule has 0 atom stereocenters. The van der Waals surface area contributed by atoms with E-state index in [0.29, 0.717) is 23.9 Å². The lowest BCUT2D eigenvalue weighted by Gasteiger charge is -2.15. The smallest absolute Gasteiger partial charge is 0.335 e. The molecule has 112 valence electrons. The van der Waals surface area contributed by atoms with E-state index in [1.165, 1.54) is 26.4 Å². The molecule has 1 aromatic carbocycles. The van der Waals surface area contributed by atoms with Crippen molar-refractivity contribution in [1.82, 2.24) is 0 Å². The van der Waals surface area contributed by atoms with Crippen molar-refractivity contribution < 1.29 is 24.1 Å². The zero-order chi connectivity index (χ0) is 15.0. The van der Waals surface area contributed by atoms with Gasteiger partial charge in [0.2, 0.25) is 5.75 Å². The first-order valence-electron chi connectivity index (χ1n) is 6.33. The van der Waals surface area contributed by atoms with Crippen LogP contribution in [0.2, 0.25) is 0 Å². The second-order valence-electron chi connectivity index (χ2n) is 3.91. The molecule has 6 heteroatoms. The molecule has 0 radical (unpaired) electrons. The zero-order valence-corrected chi connectivity index (χ0v) is 12.8. The van der Waals surface area contributed by atoms with Crippen LogP contribution in [0.5, 0.6) is 17.2 Å². The summed E-state index contributed by atoms with van der Waals surface area (Å²) in [6, 6.07) is 2.86. The van der Waals surface area contributed by atoms with Crippen molar-refractivity contribution >= 4 is 17.7 Å². The van der Waals surface area contributed by atoms with E-state index in [2.05, 4.69) is 6.92 Å². The van der Waals surface area contributed by atoms with Crippen LogP contribution in [0, 0.1) is 0 Å². The molecular weight excluding hydrogens is 280 g/mol. The van der Waals surface area contributed by atoms with Crippen LogP contribution in [0.3, 0.4) is 0 Å². The van der Waals surface area contributed by atoms with Crippen molar-refractivity contribution in [2.75, 3.05) is 32.3 Å². The van der Waals surface area contributed by atoms with Crippen LogP contribution in [0.1, 0.15) is 23.7 Å². The summed E-state index contributed by atoms with van der Waals surface area (Å²) in [5, 5.41) is 9.03. The first-order valence-corrected chi connectivity index (χ1v) is 7.49. The van der Waals surface area contributed by atoms with Crippen molar-refractivity contribution in [3.05, 3.63) is 17.7 Å². The van der Waals surface area contributed by atoms with Crippen molar-refractivity contribution in [2.45, 2.75) is 13.3 Å². The van der Waals surface area contributed by atoms with E-state index in [1.54, 1.807) is 0 Å². The Hall–Kier alpha value is -1.56. The van der Waals surface area contributed by atoms with Gasteiger partial charge in [0, 0.05) is 0 Å². The highest BCUT2D eigenvalue weighted by Crippen LogP contribution is 2.38. The van der Waals surface area contributed by atoms with E-state index in [1.807, 2.05) is 11.8 Å². The third kappa shape index (κ3) is 4.52. The average molecular weight is 300 g/mol. The molecule has 0 unspecified atom stereocenters. The first kappa shape index (κ1) is 16.5. The molecule has 0 bridgehead atoms. The van der Waals surface area contributed by atoms with Crippen molar-refractivity contribution in [2.24, 2.45) is 0 Å². The van der Waals surface area contributed by atoms with Gasteiger partial charge in [0.25, 0.3) is 0 Å². The maximum atomic E-state index is 11.0. The van der Waals surface area contributed by atoms with Gasteiger partial charge in [-0.1, -0.05) is 6.92 Å². The Labute approximate surface area is 123 Å². The molecule has 0 aliphatic heterocycles. The van der Waals surface area contributed by atoms with Crippen LogP contribution in [0.15, 0.2) is 12.1 Å². The predicted octanol–water partition coefficient (Wildman–Crippen LogP) is 2.92. The number of carbonyl (C=O) groups is 1. The second-order valence-corrected chi connectivity index (χ2v) is 5.31. The molecule has 0 fully saturated rings. The Kier molecular flexibility index (Phi) is 7.08. The molecule has 0 spiro atoms. The number of ether oxygens (including phenoxy) is 3. The van der Waals surface area contributed by atoms with E-state index in [9.17, 15) is 4.79 Å². The molecular formula is C14H20O5S. The predicted molar refractivity (Wildman–Crippen MR) is 79.6 cm³/mol. The Bertz CT molecular complexity index is 422. The van der Waals surface area contributed by atoms with Gasteiger partial charge in [0.15, 0.2) is 11.5 Å². The quantitative estimate of drug-likeness (QED) is 0.707. The summed E-state index contributed by atoms with van der Waals surface area (Å²) in [5.74, 6) is 2.25. The van der Waals surface area contributed by atoms with Gasteiger partial charge >= 0.3 is 5.97 Å². The number of carboxylic acids is 1. The average Bonchev–Trinajstić information content (AvgIpc) is 2.46. The Balaban J connectivity index is 2.84. The fourth-order valence-electron chi connectivity index (χ4n) is 1.63. The van der Waals surface area contributed by atoms with Gasteiger partial charge in [-0.3, -0.25) is 0 Å². The maximum absolute atomic E-state index is 11.0. The molecule has 0 aliphatic rings. The summed E-state index contributed by atoms with van der Waals surface area (Å²) in [7, 11) is 2.94. The number of carboxylic acid groups (broad SMARTS) is 1. The van der Waals surface area contributed by atoms with Gasteiger partial charge in [-0.25, -0.2) is 4.79 Å². The number of thioether (sulfide) groups is 1. The molecule has 5 nitrogen and oxygen atoms in total. The summed E-state index contributed by atoms with van der Waals surface area (Å²) in [5.41, 5.74) is 0.104. The third-order valence-electron chi connectivity index (χ3n) is 2.59. The monoisotopic (exact) mass is 300 g/mol. The van der Waals surface area contributed by atoms with Crippen LogP contribution in [-0.4, -0.2) is 43.4 Å². The topological polar surface area (TPSA) is 65.0 Å². The van der Waals surface area contributed by atoms with E-state index in [0.717, 1.165) is 17.9 Å². The fourth-order valence-corrected chi connectivity index (χ4v) is 2.24. The van der Waals surface area contributed by atoms with Crippen molar-refractivity contribution in [3.63, 3.8) is 0 Å². The number of methoxy groups -OCH3 is 2. The number of hydrogen-bond donors (Lipinski definition) is 1. The summed E-state index contributed by atoms with van der Waals surface area (Å²) in [6.45, 7) is 2.65. The molecule has 0 amide bonds. The SMILES string of the molecule is CCSCCCOc1c(OC)cc(C(=O)O)cc1OC. The maximum Gasteiger partial charge on any atom is 0.335 e. The van der Waals surface area contributed by atoms with Crippen molar-refractivity contribution in [3.8, 4) is 17.2 Å². The lowest BCUT2D eigenvalue weighted by Crippen LogP contribution is -2.05. The molecule has 0 aromatic heterocycles. The van der Waals surface area contributed by atoms with E-state index in [4.69, 9.17) is 19.3 Å². The normalized spacial score (nSPS) is 10.2. The number of aromatic carboxylic acids is 1. The number of benzene rings is 1. The molecule has 1 rings (SSSR count). The molecule has 0 saturated heterocycles. The third-order valence-corrected chi connectivity index (χ3v) is 3.58. The largest absolute Gasteiger partial charge is 0.493 e. The second kappa shape index (κ2) is 8.58. The zero-order valence-electron chi connectivity index (χ0n) is 12.0. The summed E-state index contributed by atoms with van der Waals surface area (Å²) >= 11 is 1.85. The molecule has 20 heavy (non-hydrogen) atoms. The van der Waals surface area contributed by atoms with Gasteiger partial charge in [-0.05, 0) is 30.1 Å². The fraction of sp³-hybridized carbons (Fsp3) is 0.500. The summed E-state index contributed by atoms with van der Waals surface area (Å²) < 4.78 is 16.0. The van der Waals surface area contributed by atoms with Crippen molar-refractivity contribution in [1.29, 1.82) is 0 Å². The van der Waals surface area contributed by atoms with Crippen LogP contribution < -0.4 is 14.2 Å². The lowest BCUT2D eigenvalue weighted by atomic mass is 10.2. The number of hydrogen-bond acceptors (Lipinski definition) is 5. The van der Waals surface area contributed by atoms with E-state index < -0.39 is 5.97 Å². The Morgan fingerprint density at radius 2 is 1.85 bits per heavy atom. The van der Waals surface area contributed by atoms with E-state index >= 15 is 0 Å². The minimum Gasteiger partial charge on any atom is -0.493 e. The number of rotatable bonds is 9. The molecule has 0 saturated carbocycles. The molecule has 1 N–H and O–H groups in total. The van der Waals surface area contributed by atoms with Gasteiger partial charge in [0.05, 0.1) is 26.4 Å². The highest BCUT2D eigenvalue weighted by atomic mass is 32.2. The summed E-state index contributed by atoms with van der Waals surface area (Å²) in [4.78, 5) is 11.0. The minimum atomic E-state index is -1.03. The Morgan fingerprint density at radius 3 is 2.30 bits per heavy atom. The van der Waals surface area contributed by atoms with Gasteiger partial charge in [-0.15, -0.1) is 0 Å². The minimum absolute atomic E-state index is 0.104.